The Morgan fingerprint density at radius 3 is 2.54 bits per heavy atom. The molecule has 0 unspecified atom stereocenters. The molecule has 5 rings (SSSR count). The number of pyridine rings is 1. The van der Waals surface area contributed by atoms with E-state index in [9.17, 15) is 9.59 Å². The Bertz CT molecular complexity index is 1680. The van der Waals surface area contributed by atoms with E-state index in [-0.39, 0.29) is 18.3 Å². The number of rotatable bonds is 11. The van der Waals surface area contributed by atoms with Gasteiger partial charge in [0, 0.05) is 41.5 Å². The summed E-state index contributed by atoms with van der Waals surface area (Å²) in [6.45, 7) is 8.47. The molecule has 1 N–H and O–H groups in total. The van der Waals surface area contributed by atoms with Crippen molar-refractivity contribution >= 4 is 5.97 Å². The summed E-state index contributed by atoms with van der Waals surface area (Å²) in [5, 5.41) is 14.4. The third-order valence-corrected chi connectivity index (χ3v) is 6.98. The van der Waals surface area contributed by atoms with Gasteiger partial charge in [-0.3, -0.25) is 14.1 Å². The van der Waals surface area contributed by atoms with Gasteiger partial charge in [-0.1, -0.05) is 43.7 Å². The SMILES string of the molecule is CCCCc1cn(-c2c(C(=O)OCC)ccn2C(C)C)c(=O)n1Cc1ccc(-c2ccccc2-c2nn[nH]n2)cn1. The van der Waals surface area contributed by atoms with Crippen LogP contribution in [0.2, 0.25) is 0 Å². The van der Waals surface area contributed by atoms with E-state index in [1.165, 1.54) is 0 Å². The van der Waals surface area contributed by atoms with Gasteiger partial charge in [0.05, 0.1) is 18.8 Å². The molecule has 0 atom stereocenters. The Kier molecular flexibility index (Phi) is 8.23. The molecular formula is C30H34N8O3. The lowest BCUT2D eigenvalue weighted by molar-refractivity contribution is 0.0526. The third kappa shape index (κ3) is 5.60. The Morgan fingerprint density at radius 1 is 1.07 bits per heavy atom. The minimum absolute atomic E-state index is 0.0343. The summed E-state index contributed by atoms with van der Waals surface area (Å²) in [5.74, 6) is 0.572. The molecule has 212 valence electrons. The molecule has 0 spiro atoms. The second-order valence-electron chi connectivity index (χ2n) is 10.1. The number of imidazole rings is 1. The van der Waals surface area contributed by atoms with Gasteiger partial charge in [-0.25, -0.2) is 9.59 Å². The molecule has 11 nitrogen and oxygen atoms in total. The van der Waals surface area contributed by atoms with Gasteiger partial charge in [0.2, 0.25) is 5.82 Å². The van der Waals surface area contributed by atoms with Gasteiger partial charge in [0.1, 0.15) is 11.4 Å². The minimum Gasteiger partial charge on any atom is -0.462 e. The molecule has 0 aliphatic carbocycles. The predicted molar refractivity (Wildman–Crippen MR) is 155 cm³/mol. The number of esters is 1. The molecule has 5 aromatic rings. The Balaban J connectivity index is 1.52. The van der Waals surface area contributed by atoms with Crippen LogP contribution in [0.15, 0.2) is 65.8 Å². The van der Waals surface area contributed by atoms with Crippen molar-refractivity contribution in [1.29, 1.82) is 0 Å². The lowest BCUT2D eigenvalue weighted by Crippen LogP contribution is -2.27. The summed E-state index contributed by atoms with van der Waals surface area (Å²) in [4.78, 5) is 31.5. The smallest absolute Gasteiger partial charge is 0.341 e. The summed E-state index contributed by atoms with van der Waals surface area (Å²) in [6, 6.07) is 13.5. The molecule has 4 aromatic heterocycles. The highest BCUT2D eigenvalue weighted by Crippen LogP contribution is 2.29. The first-order valence-electron chi connectivity index (χ1n) is 13.9. The normalized spacial score (nSPS) is 11.3. The number of aromatic amines is 1. The summed E-state index contributed by atoms with van der Waals surface area (Å²) in [5.41, 5.74) is 4.45. The highest BCUT2D eigenvalue weighted by molar-refractivity contribution is 5.93. The maximum absolute atomic E-state index is 13.9. The Labute approximate surface area is 237 Å². The van der Waals surface area contributed by atoms with Crippen LogP contribution in [0.25, 0.3) is 28.3 Å². The van der Waals surface area contributed by atoms with Crippen LogP contribution >= 0.6 is 0 Å². The van der Waals surface area contributed by atoms with Gasteiger partial charge < -0.3 is 9.30 Å². The number of carbonyl (C=O) groups is 1. The highest BCUT2D eigenvalue weighted by Gasteiger charge is 2.24. The van der Waals surface area contributed by atoms with Gasteiger partial charge in [0.15, 0.2) is 0 Å². The number of benzene rings is 1. The van der Waals surface area contributed by atoms with Crippen LogP contribution in [0.1, 0.15) is 68.3 Å². The number of nitrogens with zero attached hydrogens (tertiary/aromatic N) is 7. The monoisotopic (exact) mass is 554 g/mol. The average Bonchev–Trinajstić information content (AvgIpc) is 3.73. The molecule has 0 fully saturated rings. The van der Waals surface area contributed by atoms with E-state index in [2.05, 4.69) is 27.5 Å². The zero-order valence-electron chi connectivity index (χ0n) is 23.7. The number of hydrogen-bond donors (Lipinski definition) is 1. The fourth-order valence-corrected chi connectivity index (χ4v) is 4.93. The van der Waals surface area contributed by atoms with Gasteiger partial charge in [-0.05, 0) is 56.5 Å². The Hall–Kier alpha value is -4.80. The van der Waals surface area contributed by atoms with E-state index in [1.807, 2.05) is 67.2 Å². The number of unbranched alkanes of at least 4 members (excludes halogenated alkanes) is 1. The number of H-pyrrole nitrogens is 1. The molecule has 0 amide bonds. The summed E-state index contributed by atoms with van der Waals surface area (Å²) >= 11 is 0. The molecule has 0 saturated carbocycles. The highest BCUT2D eigenvalue weighted by atomic mass is 16.5. The van der Waals surface area contributed by atoms with E-state index >= 15 is 0 Å². The number of nitrogens with one attached hydrogen (secondary N) is 1. The van der Waals surface area contributed by atoms with Crippen molar-refractivity contribution in [1.82, 2.24) is 39.3 Å². The van der Waals surface area contributed by atoms with E-state index in [0.717, 1.165) is 47.3 Å². The number of ether oxygens (including phenoxy) is 1. The maximum Gasteiger partial charge on any atom is 0.341 e. The van der Waals surface area contributed by atoms with Gasteiger partial charge in [0.25, 0.3) is 0 Å². The molecule has 11 heteroatoms. The largest absolute Gasteiger partial charge is 0.462 e. The zero-order chi connectivity index (χ0) is 28.9. The van der Waals surface area contributed by atoms with Gasteiger partial charge in [-0.15, -0.1) is 10.2 Å². The number of tetrazole rings is 1. The van der Waals surface area contributed by atoms with Crippen LogP contribution in [0.3, 0.4) is 0 Å². The zero-order valence-corrected chi connectivity index (χ0v) is 23.7. The number of carbonyl (C=O) groups excluding carboxylic acids is 1. The quantitative estimate of drug-likeness (QED) is 0.232. The molecule has 0 saturated heterocycles. The van der Waals surface area contributed by atoms with Gasteiger partial charge in [-0.2, -0.15) is 5.21 Å². The van der Waals surface area contributed by atoms with Crippen LogP contribution in [-0.4, -0.2) is 51.9 Å². The summed E-state index contributed by atoms with van der Waals surface area (Å²) < 4.78 is 10.6. The molecule has 41 heavy (non-hydrogen) atoms. The second kappa shape index (κ2) is 12.2. The Morgan fingerprint density at radius 2 is 1.88 bits per heavy atom. The van der Waals surface area contributed by atoms with Crippen molar-refractivity contribution < 1.29 is 9.53 Å². The number of aromatic nitrogens is 8. The van der Waals surface area contributed by atoms with Crippen molar-refractivity contribution in [2.45, 2.75) is 59.5 Å². The first-order valence-corrected chi connectivity index (χ1v) is 13.9. The van der Waals surface area contributed by atoms with Gasteiger partial charge >= 0.3 is 11.7 Å². The van der Waals surface area contributed by atoms with E-state index in [4.69, 9.17) is 9.72 Å². The maximum atomic E-state index is 13.9. The van der Waals surface area contributed by atoms with Crippen molar-refractivity contribution in [2.75, 3.05) is 6.61 Å². The van der Waals surface area contributed by atoms with Crippen molar-refractivity contribution in [3.05, 3.63) is 88.5 Å². The van der Waals surface area contributed by atoms with Crippen LogP contribution < -0.4 is 5.69 Å². The molecule has 4 heterocycles. The summed E-state index contributed by atoms with van der Waals surface area (Å²) in [7, 11) is 0. The van der Waals surface area contributed by atoms with Crippen molar-refractivity contribution in [3.8, 4) is 28.3 Å². The lowest BCUT2D eigenvalue weighted by atomic mass is 10.0. The lowest BCUT2D eigenvalue weighted by Gasteiger charge is -2.14. The molecule has 1 aromatic carbocycles. The molecular weight excluding hydrogens is 520 g/mol. The first-order chi connectivity index (χ1) is 19.9. The molecule has 0 radical (unpaired) electrons. The minimum atomic E-state index is -0.449. The predicted octanol–water partition coefficient (Wildman–Crippen LogP) is 4.83. The van der Waals surface area contributed by atoms with E-state index in [0.29, 0.717) is 23.8 Å². The number of aryl methyl sites for hydroxylation is 1. The van der Waals surface area contributed by atoms with Crippen LogP contribution in [0, 0.1) is 0 Å². The van der Waals surface area contributed by atoms with Crippen molar-refractivity contribution in [2.24, 2.45) is 0 Å². The topological polar surface area (TPSA) is 126 Å². The van der Waals surface area contributed by atoms with Crippen molar-refractivity contribution in [3.63, 3.8) is 0 Å². The molecule has 0 bridgehead atoms. The second-order valence-corrected chi connectivity index (χ2v) is 10.1. The standard InChI is InChI=1S/C30H34N8O3/c1-5-7-10-23-19-38(28-26(29(39)41-6-2)15-16-36(28)20(3)4)30(40)37(23)18-22-14-13-21(17-31-22)24-11-8-9-12-25(24)27-32-34-35-33-27/h8-9,11-17,19-20H,5-7,10,18H2,1-4H3,(H,32,33,34,35). The molecule has 0 aliphatic rings. The van der Waals surface area contributed by atoms with E-state index in [1.54, 1.807) is 28.3 Å². The number of hydrogen-bond acceptors (Lipinski definition) is 7. The van der Waals surface area contributed by atoms with E-state index < -0.39 is 5.97 Å². The average molecular weight is 555 g/mol. The first kappa shape index (κ1) is 27.8. The fraction of sp³-hybridized carbons (Fsp3) is 0.333. The third-order valence-electron chi connectivity index (χ3n) is 6.98. The van der Waals surface area contributed by atoms with Crippen LogP contribution in [0.5, 0.6) is 0 Å². The summed E-state index contributed by atoms with van der Waals surface area (Å²) in [6.07, 6.45) is 8.12. The van der Waals surface area contributed by atoms with Crippen LogP contribution in [-0.2, 0) is 17.7 Å². The van der Waals surface area contributed by atoms with Crippen LogP contribution in [0.4, 0.5) is 0 Å². The fourth-order valence-electron chi connectivity index (χ4n) is 4.93. The molecule has 0 aliphatic heterocycles.